The number of fused-ring (bicyclic) bond motifs is 1. The highest BCUT2D eigenvalue weighted by atomic mass is 16.5. The minimum atomic E-state index is -0.441. The van der Waals surface area contributed by atoms with Crippen molar-refractivity contribution in [2.24, 2.45) is 0 Å². The number of carbonyl (C=O) groups is 3. The monoisotopic (exact) mass is 398 g/mol. The first-order valence-corrected chi connectivity index (χ1v) is 9.92. The van der Waals surface area contributed by atoms with E-state index in [4.69, 9.17) is 0 Å². The van der Waals surface area contributed by atoms with Crippen LogP contribution in [0, 0.1) is 0 Å². The lowest BCUT2D eigenvalue weighted by Crippen LogP contribution is -2.26. The molecule has 8 nitrogen and oxygen atoms in total. The lowest BCUT2D eigenvalue weighted by molar-refractivity contribution is 0.0600. The van der Waals surface area contributed by atoms with Gasteiger partial charge in [-0.05, 0) is 49.9 Å². The summed E-state index contributed by atoms with van der Waals surface area (Å²) in [5.74, 6) is -0.821. The van der Waals surface area contributed by atoms with E-state index < -0.39 is 5.97 Å². The van der Waals surface area contributed by atoms with Gasteiger partial charge in [0, 0.05) is 18.8 Å². The summed E-state index contributed by atoms with van der Waals surface area (Å²) in [5, 5.41) is 5.67. The molecule has 0 fully saturated rings. The van der Waals surface area contributed by atoms with E-state index in [9.17, 15) is 14.4 Å². The molecule has 1 aliphatic heterocycles. The zero-order chi connectivity index (χ0) is 20.8. The van der Waals surface area contributed by atoms with Crippen LogP contribution in [-0.4, -0.2) is 41.0 Å². The topological polar surface area (TPSA) is 102 Å². The van der Waals surface area contributed by atoms with E-state index in [2.05, 4.69) is 27.3 Å². The van der Waals surface area contributed by atoms with Gasteiger partial charge in [-0.25, -0.2) is 9.78 Å². The Morgan fingerprint density at radius 3 is 2.59 bits per heavy atom. The number of rotatable bonds is 7. The zero-order valence-corrected chi connectivity index (χ0v) is 16.8. The Balaban J connectivity index is 1.79. The molecule has 0 aliphatic carbocycles. The number of ether oxygens (including phenoxy) is 1. The fourth-order valence-electron chi connectivity index (χ4n) is 3.36. The van der Waals surface area contributed by atoms with Gasteiger partial charge in [-0.15, -0.1) is 0 Å². The summed E-state index contributed by atoms with van der Waals surface area (Å²) in [6.07, 6.45) is 4.52. The van der Waals surface area contributed by atoms with E-state index in [1.807, 2.05) is 4.57 Å². The van der Waals surface area contributed by atoms with Crippen LogP contribution in [0.1, 0.15) is 69.8 Å². The molecule has 8 heteroatoms. The second kappa shape index (κ2) is 9.36. The molecule has 29 heavy (non-hydrogen) atoms. The van der Waals surface area contributed by atoms with Gasteiger partial charge in [0.25, 0.3) is 11.8 Å². The third-order valence-electron chi connectivity index (χ3n) is 4.92. The van der Waals surface area contributed by atoms with Crippen molar-refractivity contribution in [3.63, 3.8) is 0 Å². The number of nitrogens with one attached hydrogen (secondary N) is 2. The molecule has 0 saturated carbocycles. The molecule has 2 amide bonds. The van der Waals surface area contributed by atoms with Crippen molar-refractivity contribution in [2.75, 3.05) is 19.0 Å². The maximum Gasteiger partial charge on any atom is 0.337 e. The smallest absolute Gasteiger partial charge is 0.337 e. The molecule has 0 saturated heterocycles. The number of imidazole rings is 1. The van der Waals surface area contributed by atoms with Crippen molar-refractivity contribution < 1.29 is 19.1 Å². The normalized spacial score (nSPS) is 12.8. The van der Waals surface area contributed by atoms with Crippen LogP contribution in [0.15, 0.2) is 24.3 Å². The predicted molar refractivity (Wildman–Crippen MR) is 108 cm³/mol. The van der Waals surface area contributed by atoms with Gasteiger partial charge in [-0.3, -0.25) is 9.59 Å². The van der Waals surface area contributed by atoms with Gasteiger partial charge in [0.05, 0.1) is 18.4 Å². The number of unbranched alkanes of at least 4 members (excludes halogenated alkanes) is 1. The molecule has 1 aromatic carbocycles. The van der Waals surface area contributed by atoms with E-state index in [0.29, 0.717) is 30.0 Å². The number of nitrogens with zero attached hydrogens (tertiary/aromatic N) is 2. The van der Waals surface area contributed by atoms with Crippen LogP contribution in [0.25, 0.3) is 0 Å². The number of hydrogen-bond acceptors (Lipinski definition) is 5. The van der Waals surface area contributed by atoms with Crippen LogP contribution < -0.4 is 10.6 Å². The molecule has 154 valence electrons. The SMILES string of the molecule is CCCCNC(=O)c1nc(C(=O)Nc2ccc(C(=O)OC)cc2)n2c1CCCC2. The number of amides is 2. The molecule has 2 N–H and O–H groups in total. The number of esters is 1. The van der Waals surface area contributed by atoms with Crippen LogP contribution >= 0.6 is 0 Å². The Labute approximate surface area is 169 Å². The van der Waals surface area contributed by atoms with Gasteiger partial charge in [-0.1, -0.05) is 13.3 Å². The van der Waals surface area contributed by atoms with Crippen molar-refractivity contribution in [2.45, 2.75) is 45.6 Å². The summed E-state index contributed by atoms with van der Waals surface area (Å²) in [5.41, 5.74) is 2.09. The Hall–Kier alpha value is -3.16. The maximum atomic E-state index is 12.8. The maximum absolute atomic E-state index is 12.8. The van der Waals surface area contributed by atoms with Crippen LogP contribution in [-0.2, 0) is 17.7 Å². The molecule has 1 aromatic heterocycles. The predicted octanol–water partition coefficient (Wildman–Crippen LogP) is 2.79. The second-order valence-electron chi connectivity index (χ2n) is 6.97. The van der Waals surface area contributed by atoms with Crippen LogP contribution in [0.4, 0.5) is 5.69 Å². The molecule has 0 unspecified atom stereocenters. The minimum Gasteiger partial charge on any atom is -0.465 e. The van der Waals surface area contributed by atoms with Crippen molar-refractivity contribution in [3.8, 4) is 0 Å². The summed E-state index contributed by atoms with van der Waals surface area (Å²) in [6.45, 7) is 3.31. The molecule has 0 radical (unpaired) electrons. The average Bonchev–Trinajstić information content (AvgIpc) is 3.14. The number of methoxy groups -OCH3 is 1. The van der Waals surface area contributed by atoms with Gasteiger partial charge in [0.2, 0.25) is 0 Å². The van der Waals surface area contributed by atoms with E-state index in [1.54, 1.807) is 24.3 Å². The van der Waals surface area contributed by atoms with E-state index >= 15 is 0 Å². The highest BCUT2D eigenvalue weighted by Gasteiger charge is 2.27. The molecule has 0 atom stereocenters. The standard InChI is InChI=1S/C21H26N4O4/c1-3-4-12-22-19(26)17-16-7-5-6-13-25(16)18(24-17)20(27)23-15-10-8-14(9-11-15)21(28)29-2/h8-11H,3-7,12-13H2,1-2H3,(H,22,26)(H,23,27). The highest BCUT2D eigenvalue weighted by molar-refractivity contribution is 6.04. The largest absolute Gasteiger partial charge is 0.465 e. The van der Waals surface area contributed by atoms with Crippen LogP contribution in [0.3, 0.4) is 0 Å². The van der Waals surface area contributed by atoms with Gasteiger partial charge in [0.1, 0.15) is 5.69 Å². The van der Waals surface area contributed by atoms with E-state index in [-0.39, 0.29) is 17.6 Å². The highest BCUT2D eigenvalue weighted by Crippen LogP contribution is 2.22. The molecule has 2 aromatic rings. The Bertz CT molecular complexity index is 902. The number of anilines is 1. The van der Waals surface area contributed by atoms with E-state index in [1.165, 1.54) is 7.11 Å². The molecule has 2 heterocycles. The fourth-order valence-corrected chi connectivity index (χ4v) is 3.36. The summed E-state index contributed by atoms with van der Waals surface area (Å²) in [4.78, 5) is 41.3. The second-order valence-corrected chi connectivity index (χ2v) is 6.97. The molecule has 1 aliphatic rings. The van der Waals surface area contributed by atoms with Crippen LogP contribution in [0.5, 0.6) is 0 Å². The third kappa shape index (κ3) is 4.64. The number of hydrogen-bond donors (Lipinski definition) is 2. The van der Waals surface area contributed by atoms with Crippen molar-refractivity contribution >= 4 is 23.5 Å². The lowest BCUT2D eigenvalue weighted by Gasteiger charge is -2.17. The minimum absolute atomic E-state index is 0.231. The van der Waals surface area contributed by atoms with Gasteiger partial charge in [-0.2, -0.15) is 0 Å². The number of aromatic nitrogens is 2. The van der Waals surface area contributed by atoms with E-state index in [0.717, 1.165) is 37.8 Å². The van der Waals surface area contributed by atoms with Crippen molar-refractivity contribution in [1.29, 1.82) is 0 Å². The summed E-state index contributed by atoms with van der Waals surface area (Å²) >= 11 is 0. The molecule has 0 spiro atoms. The van der Waals surface area contributed by atoms with Crippen molar-refractivity contribution in [3.05, 3.63) is 47.0 Å². The van der Waals surface area contributed by atoms with Gasteiger partial charge >= 0.3 is 5.97 Å². The summed E-state index contributed by atoms with van der Waals surface area (Å²) < 4.78 is 6.52. The van der Waals surface area contributed by atoms with Crippen molar-refractivity contribution in [1.82, 2.24) is 14.9 Å². The Morgan fingerprint density at radius 2 is 1.90 bits per heavy atom. The molecular weight excluding hydrogens is 372 g/mol. The summed E-state index contributed by atoms with van der Waals surface area (Å²) in [7, 11) is 1.31. The lowest BCUT2D eigenvalue weighted by atomic mass is 10.1. The Morgan fingerprint density at radius 1 is 1.14 bits per heavy atom. The number of carbonyl (C=O) groups excluding carboxylic acids is 3. The van der Waals surface area contributed by atoms with Gasteiger partial charge < -0.3 is 19.9 Å². The fraction of sp³-hybridized carbons (Fsp3) is 0.429. The average molecular weight is 398 g/mol. The van der Waals surface area contributed by atoms with Crippen LogP contribution in [0.2, 0.25) is 0 Å². The zero-order valence-electron chi connectivity index (χ0n) is 16.8. The quantitative estimate of drug-likeness (QED) is 0.552. The first kappa shape index (κ1) is 20.6. The molecular formula is C21H26N4O4. The summed E-state index contributed by atoms with van der Waals surface area (Å²) in [6, 6.07) is 6.41. The third-order valence-corrected chi connectivity index (χ3v) is 4.92. The molecule has 3 rings (SSSR count). The first-order valence-electron chi connectivity index (χ1n) is 9.92. The Kier molecular flexibility index (Phi) is 6.64. The van der Waals surface area contributed by atoms with Gasteiger partial charge in [0.15, 0.2) is 5.82 Å². The molecule has 0 bridgehead atoms. The number of benzene rings is 1. The first-order chi connectivity index (χ1) is 14.0.